The van der Waals surface area contributed by atoms with E-state index in [1.807, 2.05) is 31.2 Å². The van der Waals surface area contributed by atoms with E-state index in [1.54, 1.807) is 7.11 Å². The molecule has 108 valence electrons. The number of alkyl halides is 2. The van der Waals surface area contributed by atoms with Crippen LogP contribution in [0.3, 0.4) is 0 Å². The zero-order chi connectivity index (χ0) is 14.1. The molecule has 19 heavy (non-hydrogen) atoms. The summed E-state index contributed by atoms with van der Waals surface area (Å²) in [6.07, 6.45) is -1.58. The number of hydrogen-bond acceptors (Lipinski definition) is 3. The maximum Gasteiger partial charge on any atom is 0.261 e. The van der Waals surface area contributed by atoms with Gasteiger partial charge in [0.15, 0.2) is 0 Å². The summed E-state index contributed by atoms with van der Waals surface area (Å²) in [7, 11) is 1.65. The Morgan fingerprint density at radius 1 is 1.26 bits per heavy atom. The van der Waals surface area contributed by atoms with Crippen LogP contribution >= 0.6 is 0 Å². The van der Waals surface area contributed by atoms with Gasteiger partial charge in [-0.15, -0.1) is 0 Å². The molecule has 0 spiro atoms. The van der Waals surface area contributed by atoms with Gasteiger partial charge in [0.2, 0.25) is 0 Å². The number of benzene rings is 1. The van der Waals surface area contributed by atoms with E-state index in [-0.39, 0.29) is 6.04 Å². The fraction of sp³-hybridized carbons (Fsp3) is 0.571. The molecule has 0 aromatic heterocycles. The fourth-order valence-corrected chi connectivity index (χ4v) is 1.82. The second-order valence-corrected chi connectivity index (χ2v) is 4.34. The SMILES string of the molecule is COc1ccccc1CC(C)NCCOCC(F)F. The van der Waals surface area contributed by atoms with Crippen molar-refractivity contribution in [2.24, 2.45) is 0 Å². The topological polar surface area (TPSA) is 30.5 Å². The molecule has 0 heterocycles. The molecular weight excluding hydrogens is 252 g/mol. The van der Waals surface area contributed by atoms with Crippen molar-refractivity contribution in [2.75, 3.05) is 26.9 Å². The van der Waals surface area contributed by atoms with E-state index in [0.717, 1.165) is 17.7 Å². The molecule has 0 saturated carbocycles. The standard InChI is InChI=1S/C14H21F2NO2/c1-11(17-7-8-19-10-14(15)16)9-12-5-3-4-6-13(12)18-2/h3-6,11,14,17H,7-10H2,1-2H3. The van der Waals surface area contributed by atoms with Gasteiger partial charge in [-0.3, -0.25) is 0 Å². The summed E-state index contributed by atoms with van der Waals surface area (Å²) < 4.78 is 33.7. The van der Waals surface area contributed by atoms with Crippen LogP contribution in [0.5, 0.6) is 5.75 Å². The van der Waals surface area contributed by atoms with Crippen LogP contribution in [0.4, 0.5) is 8.78 Å². The van der Waals surface area contributed by atoms with Crippen LogP contribution < -0.4 is 10.1 Å². The normalized spacial score (nSPS) is 12.7. The number of rotatable bonds is 9. The van der Waals surface area contributed by atoms with Crippen molar-refractivity contribution < 1.29 is 18.3 Å². The molecule has 1 rings (SSSR count). The van der Waals surface area contributed by atoms with Crippen LogP contribution in [0.2, 0.25) is 0 Å². The summed E-state index contributed by atoms with van der Waals surface area (Å²) in [6, 6.07) is 8.07. The maximum atomic E-state index is 11.8. The fourth-order valence-electron chi connectivity index (χ4n) is 1.82. The van der Waals surface area contributed by atoms with Crippen LogP contribution in [0.1, 0.15) is 12.5 Å². The Hall–Kier alpha value is -1.20. The Balaban J connectivity index is 2.25. The summed E-state index contributed by atoms with van der Waals surface area (Å²) in [5, 5.41) is 3.23. The zero-order valence-electron chi connectivity index (χ0n) is 11.4. The van der Waals surface area contributed by atoms with Gasteiger partial charge in [0.05, 0.1) is 13.7 Å². The third-order valence-electron chi connectivity index (χ3n) is 2.70. The summed E-state index contributed by atoms with van der Waals surface area (Å²) in [4.78, 5) is 0. The highest BCUT2D eigenvalue weighted by Gasteiger charge is 2.07. The number of methoxy groups -OCH3 is 1. The minimum Gasteiger partial charge on any atom is -0.496 e. The van der Waals surface area contributed by atoms with Crippen LogP contribution in [-0.2, 0) is 11.2 Å². The largest absolute Gasteiger partial charge is 0.496 e. The minimum atomic E-state index is -2.40. The summed E-state index contributed by atoms with van der Waals surface area (Å²) in [5.41, 5.74) is 1.12. The highest BCUT2D eigenvalue weighted by Crippen LogP contribution is 2.18. The second kappa shape index (κ2) is 8.82. The molecule has 1 aromatic carbocycles. The van der Waals surface area contributed by atoms with E-state index < -0.39 is 13.0 Å². The third-order valence-corrected chi connectivity index (χ3v) is 2.70. The van der Waals surface area contributed by atoms with Crippen LogP contribution in [0.15, 0.2) is 24.3 Å². The molecule has 0 aliphatic carbocycles. The van der Waals surface area contributed by atoms with Gasteiger partial charge in [-0.1, -0.05) is 18.2 Å². The quantitative estimate of drug-likeness (QED) is 0.701. The van der Waals surface area contributed by atoms with Crippen molar-refractivity contribution in [3.8, 4) is 5.75 Å². The van der Waals surface area contributed by atoms with E-state index in [1.165, 1.54) is 0 Å². The molecule has 1 unspecified atom stereocenters. The van der Waals surface area contributed by atoms with Gasteiger partial charge in [-0.2, -0.15) is 0 Å². The van der Waals surface area contributed by atoms with E-state index in [2.05, 4.69) is 5.32 Å². The van der Waals surface area contributed by atoms with Crippen molar-refractivity contribution in [1.29, 1.82) is 0 Å². The lowest BCUT2D eigenvalue weighted by atomic mass is 10.1. The highest BCUT2D eigenvalue weighted by atomic mass is 19.3. The molecule has 0 radical (unpaired) electrons. The van der Waals surface area contributed by atoms with Crippen LogP contribution in [-0.4, -0.2) is 39.3 Å². The predicted molar refractivity (Wildman–Crippen MR) is 71.0 cm³/mol. The molecule has 0 fully saturated rings. The third kappa shape index (κ3) is 6.50. The first-order valence-electron chi connectivity index (χ1n) is 6.34. The average molecular weight is 273 g/mol. The van der Waals surface area contributed by atoms with Crippen LogP contribution in [0, 0.1) is 0 Å². The first-order chi connectivity index (χ1) is 9.13. The number of hydrogen-bond donors (Lipinski definition) is 1. The van der Waals surface area contributed by atoms with Crippen molar-refractivity contribution in [3.05, 3.63) is 29.8 Å². The molecule has 1 aromatic rings. The van der Waals surface area contributed by atoms with Gasteiger partial charge < -0.3 is 14.8 Å². The first-order valence-corrected chi connectivity index (χ1v) is 6.34. The van der Waals surface area contributed by atoms with Crippen LogP contribution in [0.25, 0.3) is 0 Å². The molecule has 0 saturated heterocycles. The monoisotopic (exact) mass is 273 g/mol. The molecule has 0 aliphatic heterocycles. The Morgan fingerprint density at radius 2 is 2.00 bits per heavy atom. The van der Waals surface area contributed by atoms with Gasteiger partial charge in [-0.25, -0.2) is 8.78 Å². The van der Waals surface area contributed by atoms with Gasteiger partial charge in [0.25, 0.3) is 6.43 Å². The Morgan fingerprint density at radius 3 is 2.68 bits per heavy atom. The predicted octanol–water partition coefficient (Wildman–Crippen LogP) is 2.50. The molecule has 0 aliphatic rings. The smallest absolute Gasteiger partial charge is 0.261 e. The van der Waals surface area contributed by atoms with Gasteiger partial charge >= 0.3 is 0 Å². The molecular formula is C14H21F2NO2. The van der Waals surface area contributed by atoms with Gasteiger partial charge in [-0.05, 0) is 25.0 Å². The number of ether oxygens (including phenoxy) is 2. The lowest BCUT2D eigenvalue weighted by Crippen LogP contribution is -2.31. The van der Waals surface area contributed by atoms with E-state index in [9.17, 15) is 8.78 Å². The van der Waals surface area contributed by atoms with Crippen molar-refractivity contribution >= 4 is 0 Å². The van der Waals surface area contributed by atoms with E-state index in [0.29, 0.717) is 13.2 Å². The summed E-state index contributed by atoms with van der Waals surface area (Å²) in [5.74, 6) is 0.866. The maximum absolute atomic E-state index is 11.8. The van der Waals surface area contributed by atoms with Crippen molar-refractivity contribution in [3.63, 3.8) is 0 Å². The van der Waals surface area contributed by atoms with E-state index in [4.69, 9.17) is 9.47 Å². The summed E-state index contributed by atoms with van der Waals surface area (Å²) >= 11 is 0. The first kappa shape index (κ1) is 15.9. The zero-order valence-corrected chi connectivity index (χ0v) is 11.4. The van der Waals surface area contributed by atoms with Crippen molar-refractivity contribution in [2.45, 2.75) is 25.8 Å². The number of para-hydroxylation sites is 1. The second-order valence-electron chi connectivity index (χ2n) is 4.34. The van der Waals surface area contributed by atoms with Crippen molar-refractivity contribution in [1.82, 2.24) is 5.32 Å². The Kier molecular flexibility index (Phi) is 7.36. The molecule has 0 bridgehead atoms. The highest BCUT2D eigenvalue weighted by molar-refractivity contribution is 5.33. The lowest BCUT2D eigenvalue weighted by Gasteiger charge is -2.15. The molecule has 0 amide bonds. The molecule has 1 atom stereocenters. The number of halogens is 2. The van der Waals surface area contributed by atoms with Gasteiger partial charge in [0, 0.05) is 12.6 Å². The van der Waals surface area contributed by atoms with Gasteiger partial charge in [0.1, 0.15) is 12.4 Å². The Labute approximate surface area is 112 Å². The summed E-state index contributed by atoms with van der Waals surface area (Å²) in [6.45, 7) is 2.39. The van der Waals surface area contributed by atoms with E-state index >= 15 is 0 Å². The lowest BCUT2D eigenvalue weighted by molar-refractivity contribution is 0.0183. The number of nitrogens with one attached hydrogen (secondary N) is 1. The molecule has 3 nitrogen and oxygen atoms in total. The minimum absolute atomic E-state index is 0.228. The Bertz CT molecular complexity index is 361. The average Bonchev–Trinajstić information content (AvgIpc) is 2.38. The molecule has 5 heteroatoms. The molecule has 1 N–H and O–H groups in total.